The molecular formula is C24H33FIN5O. The molecule has 1 heterocycles. The molecule has 1 aliphatic heterocycles. The van der Waals surface area contributed by atoms with E-state index in [1.165, 1.54) is 6.07 Å². The van der Waals surface area contributed by atoms with E-state index in [0.717, 1.165) is 56.1 Å². The standard InChI is InChI=1S/C24H32FN5O.HI/c1-3-27-24(28-13-12-18-7-4-8-19(15-18)23(31)26-2)29-21-10-6-14-30(17-21)22-11-5-9-20(25)16-22;/h4-5,7-9,11,15-16,21H,3,6,10,12-14,17H2,1-2H3,(H,26,31)(H2,27,28,29);1H. The van der Waals surface area contributed by atoms with Gasteiger partial charge in [-0.1, -0.05) is 18.2 Å². The number of rotatable bonds is 7. The van der Waals surface area contributed by atoms with Crippen LogP contribution in [0.4, 0.5) is 10.1 Å². The molecule has 1 fully saturated rings. The summed E-state index contributed by atoms with van der Waals surface area (Å²) >= 11 is 0. The second-order valence-corrected chi connectivity index (χ2v) is 7.70. The molecule has 6 nitrogen and oxygen atoms in total. The average molecular weight is 553 g/mol. The van der Waals surface area contributed by atoms with Gasteiger partial charge in [0, 0.05) is 50.5 Å². The minimum absolute atomic E-state index is 0. The van der Waals surface area contributed by atoms with Crippen LogP contribution in [-0.4, -0.2) is 51.1 Å². The van der Waals surface area contributed by atoms with Crippen molar-refractivity contribution in [1.82, 2.24) is 16.0 Å². The van der Waals surface area contributed by atoms with Crippen LogP contribution in [0.15, 0.2) is 53.5 Å². The third-order valence-corrected chi connectivity index (χ3v) is 5.37. The molecule has 0 aliphatic carbocycles. The number of hydrogen-bond acceptors (Lipinski definition) is 3. The first-order valence-corrected chi connectivity index (χ1v) is 11.0. The Labute approximate surface area is 207 Å². The van der Waals surface area contributed by atoms with E-state index in [1.807, 2.05) is 37.3 Å². The zero-order chi connectivity index (χ0) is 22.1. The zero-order valence-corrected chi connectivity index (χ0v) is 21.1. The summed E-state index contributed by atoms with van der Waals surface area (Å²) in [6, 6.07) is 14.7. The minimum atomic E-state index is -0.206. The molecule has 1 unspecified atom stereocenters. The van der Waals surface area contributed by atoms with Crippen molar-refractivity contribution in [3.8, 4) is 0 Å². The van der Waals surface area contributed by atoms with Crippen LogP contribution in [0.2, 0.25) is 0 Å². The Morgan fingerprint density at radius 1 is 1.22 bits per heavy atom. The Balaban J connectivity index is 0.00000363. The first-order valence-electron chi connectivity index (χ1n) is 11.0. The van der Waals surface area contributed by atoms with Gasteiger partial charge in [0.1, 0.15) is 5.82 Å². The number of anilines is 1. The van der Waals surface area contributed by atoms with Gasteiger partial charge >= 0.3 is 0 Å². The molecule has 0 aromatic heterocycles. The molecule has 1 saturated heterocycles. The lowest BCUT2D eigenvalue weighted by Gasteiger charge is -2.35. The molecule has 0 bridgehead atoms. The summed E-state index contributed by atoms with van der Waals surface area (Å²) in [5.74, 6) is 0.500. The minimum Gasteiger partial charge on any atom is -0.369 e. The number of aliphatic imine (C=N–C) groups is 1. The summed E-state index contributed by atoms with van der Waals surface area (Å²) in [6.45, 7) is 5.17. The van der Waals surface area contributed by atoms with Gasteiger partial charge in [0.15, 0.2) is 5.96 Å². The number of halogens is 2. The van der Waals surface area contributed by atoms with Gasteiger partial charge in [-0.25, -0.2) is 4.39 Å². The van der Waals surface area contributed by atoms with E-state index in [1.54, 1.807) is 19.2 Å². The first-order chi connectivity index (χ1) is 15.1. The number of carbonyl (C=O) groups excluding carboxylic acids is 1. The fraction of sp³-hybridized carbons (Fsp3) is 0.417. The molecular weight excluding hydrogens is 520 g/mol. The molecule has 174 valence electrons. The van der Waals surface area contributed by atoms with Crippen LogP contribution in [0.5, 0.6) is 0 Å². The second-order valence-electron chi connectivity index (χ2n) is 7.70. The van der Waals surface area contributed by atoms with Gasteiger partial charge in [-0.05, 0) is 62.1 Å². The lowest BCUT2D eigenvalue weighted by Crippen LogP contribution is -2.51. The molecule has 2 aromatic rings. The molecule has 1 atom stereocenters. The smallest absolute Gasteiger partial charge is 0.251 e. The maximum Gasteiger partial charge on any atom is 0.251 e. The highest BCUT2D eigenvalue weighted by Crippen LogP contribution is 2.20. The van der Waals surface area contributed by atoms with E-state index >= 15 is 0 Å². The Bertz CT molecular complexity index is 907. The summed E-state index contributed by atoms with van der Waals surface area (Å²) in [5.41, 5.74) is 2.66. The van der Waals surface area contributed by atoms with Gasteiger partial charge in [-0.2, -0.15) is 0 Å². The molecule has 0 spiro atoms. The van der Waals surface area contributed by atoms with Crippen LogP contribution in [-0.2, 0) is 6.42 Å². The number of carbonyl (C=O) groups is 1. The fourth-order valence-corrected chi connectivity index (χ4v) is 3.82. The number of piperidine rings is 1. The highest BCUT2D eigenvalue weighted by Gasteiger charge is 2.21. The molecule has 2 aromatic carbocycles. The van der Waals surface area contributed by atoms with Gasteiger partial charge in [0.25, 0.3) is 5.91 Å². The van der Waals surface area contributed by atoms with E-state index < -0.39 is 0 Å². The van der Waals surface area contributed by atoms with Gasteiger partial charge in [-0.3, -0.25) is 9.79 Å². The lowest BCUT2D eigenvalue weighted by atomic mass is 10.0. The molecule has 32 heavy (non-hydrogen) atoms. The van der Waals surface area contributed by atoms with Crippen molar-refractivity contribution in [2.24, 2.45) is 4.99 Å². The van der Waals surface area contributed by atoms with E-state index in [2.05, 4.69) is 20.9 Å². The van der Waals surface area contributed by atoms with E-state index in [-0.39, 0.29) is 41.7 Å². The Morgan fingerprint density at radius 2 is 2.03 bits per heavy atom. The van der Waals surface area contributed by atoms with Gasteiger partial charge in [-0.15, -0.1) is 24.0 Å². The molecule has 3 rings (SSSR count). The van der Waals surface area contributed by atoms with Crippen molar-refractivity contribution in [3.63, 3.8) is 0 Å². The van der Waals surface area contributed by atoms with Crippen LogP contribution in [0.25, 0.3) is 0 Å². The second kappa shape index (κ2) is 13.2. The third-order valence-electron chi connectivity index (χ3n) is 5.37. The highest BCUT2D eigenvalue weighted by atomic mass is 127. The Kier molecular flexibility index (Phi) is 10.7. The summed E-state index contributed by atoms with van der Waals surface area (Å²) in [7, 11) is 1.63. The topological polar surface area (TPSA) is 68.8 Å². The summed E-state index contributed by atoms with van der Waals surface area (Å²) in [5, 5.41) is 9.50. The monoisotopic (exact) mass is 553 g/mol. The van der Waals surface area contributed by atoms with Gasteiger partial charge < -0.3 is 20.9 Å². The molecule has 0 saturated carbocycles. The SMILES string of the molecule is CCNC(=NCCc1cccc(C(=O)NC)c1)NC1CCCN(c2cccc(F)c2)C1.I. The summed E-state index contributed by atoms with van der Waals surface area (Å²) in [4.78, 5) is 18.8. The zero-order valence-electron chi connectivity index (χ0n) is 18.7. The maximum atomic E-state index is 13.6. The maximum absolute atomic E-state index is 13.6. The first kappa shape index (κ1) is 25.9. The number of hydrogen-bond donors (Lipinski definition) is 3. The van der Waals surface area contributed by atoms with Crippen LogP contribution in [0, 0.1) is 5.82 Å². The number of benzene rings is 2. The van der Waals surface area contributed by atoms with Crippen LogP contribution < -0.4 is 20.9 Å². The highest BCUT2D eigenvalue weighted by molar-refractivity contribution is 14.0. The quantitative estimate of drug-likeness (QED) is 0.279. The van der Waals surface area contributed by atoms with Crippen LogP contribution in [0.1, 0.15) is 35.7 Å². The predicted molar refractivity (Wildman–Crippen MR) is 140 cm³/mol. The number of nitrogens with one attached hydrogen (secondary N) is 3. The molecule has 0 radical (unpaired) electrons. The van der Waals surface area contributed by atoms with Crippen molar-refractivity contribution >= 4 is 41.5 Å². The third kappa shape index (κ3) is 7.65. The lowest BCUT2D eigenvalue weighted by molar-refractivity contribution is 0.0963. The van der Waals surface area contributed by atoms with Crippen LogP contribution in [0.3, 0.4) is 0 Å². The number of amides is 1. The summed E-state index contributed by atoms with van der Waals surface area (Å²) in [6.07, 6.45) is 2.84. The fourth-order valence-electron chi connectivity index (χ4n) is 3.82. The van der Waals surface area contributed by atoms with Gasteiger partial charge in [0.2, 0.25) is 0 Å². The normalized spacial score (nSPS) is 16.2. The van der Waals surface area contributed by atoms with Crippen molar-refractivity contribution in [3.05, 3.63) is 65.5 Å². The Morgan fingerprint density at radius 3 is 2.78 bits per heavy atom. The van der Waals surface area contributed by atoms with E-state index in [9.17, 15) is 9.18 Å². The molecule has 8 heteroatoms. The molecule has 1 aliphatic rings. The predicted octanol–water partition coefficient (Wildman–Crippen LogP) is 3.57. The van der Waals surface area contributed by atoms with Crippen molar-refractivity contribution < 1.29 is 9.18 Å². The van der Waals surface area contributed by atoms with Crippen LogP contribution >= 0.6 is 24.0 Å². The van der Waals surface area contributed by atoms with E-state index in [4.69, 9.17) is 4.99 Å². The summed E-state index contributed by atoms with van der Waals surface area (Å²) < 4.78 is 13.6. The van der Waals surface area contributed by atoms with Crippen molar-refractivity contribution in [2.45, 2.75) is 32.2 Å². The molecule has 3 N–H and O–H groups in total. The van der Waals surface area contributed by atoms with Gasteiger partial charge in [0.05, 0.1) is 0 Å². The average Bonchev–Trinajstić information content (AvgIpc) is 2.79. The Hall–Kier alpha value is -2.36. The largest absolute Gasteiger partial charge is 0.369 e. The number of nitrogens with zero attached hydrogens (tertiary/aromatic N) is 2. The number of guanidine groups is 1. The van der Waals surface area contributed by atoms with E-state index in [0.29, 0.717) is 12.1 Å². The van der Waals surface area contributed by atoms with Crippen molar-refractivity contribution in [2.75, 3.05) is 38.1 Å². The van der Waals surface area contributed by atoms with Crippen molar-refractivity contribution in [1.29, 1.82) is 0 Å². The molecule has 1 amide bonds.